The van der Waals surface area contributed by atoms with Gasteiger partial charge >= 0.3 is 7.82 Å². The van der Waals surface area contributed by atoms with E-state index in [0.717, 1.165) is 39.5 Å². The highest BCUT2D eigenvalue weighted by molar-refractivity contribution is 7.47. The number of rotatable bonds is 17. The van der Waals surface area contributed by atoms with Crippen LogP contribution >= 0.6 is 7.82 Å². The van der Waals surface area contributed by atoms with Crippen molar-refractivity contribution >= 4 is 30.8 Å². The number of para-hydroxylation sites is 2. The molecule has 2 aliphatic rings. The number of fused-ring (bicyclic) bond motifs is 2. The lowest BCUT2D eigenvalue weighted by atomic mass is 9.81. The first-order valence-corrected chi connectivity index (χ1v) is 17.8. The summed E-state index contributed by atoms with van der Waals surface area (Å²) in [7, 11) is -2.88. The van der Waals surface area contributed by atoms with Gasteiger partial charge in [0.2, 0.25) is 11.6 Å². The molecule has 4 rings (SSSR count). The minimum absolute atomic E-state index is 0.00641. The third-order valence-corrected chi connectivity index (χ3v) is 9.96. The number of unbranched alkanes of at least 4 members (excludes halogenated alkanes) is 2. The first-order chi connectivity index (χ1) is 21.9. The fourth-order valence-electron chi connectivity index (χ4n) is 6.54. The molecule has 9 nitrogen and oxygen atoms in total. The summed E-state index contributed by atoms with van der Waals surface area (Å²) in [5, 5.41) is 2.86. The van der Waals surface area contributed by atoms with Gasteiger partial charge in [0.25, 0.3) is 0 Å². The van der Waals surface area contributed by atoms with Gasteiger partial charge in [0.15, 0.2) is 5.71 Å². The molecule has 0 saturated carbocycles. The SMILES string of the molecule is CCN1C(=CC=CC2=[N+](CCCCCC(=O)NCCOCCOP(=O)(O)OC)c3ccccc3C2(C)C)C(C)(C)c2ccccc21. The molecular weight excluding hydrogens is 601 g/mol. The van der Waals surface area contributed by atoms with Crippen molar-refractivity contribution in [2.75, 3.05) is 51.5 Å². The summed E-state index contributed by atoms with van der Waals surface area (Å²) in [4.78, 5) is 23.9. The molecule has 46 heavy (non-hydrogen) atoms. The third kappa shape index (κ3) is 8.25. The molecule has 0 aliphatic carbocycles. The number of benzene rings is 2. The number of phosphoric acid groups is 1. The predicted molar refractivity (Wildman–Crippen MR) is 184 cm³/mol. The Labute approximate surface area is 274 Å². The number of phosphoric ester groups is 1. The molecule has 10 heteroatoms. The zero-order valence-electron chi connectivity index (χ0n) is 28.3. The Morgan fingerprint density at radius 2 is 1.70 bits per heavy atom. The molecular formula is C36H51N3O6P+. The number of amides is 1. The second-order valence-corrected chi connectivity index (χ2v) is 14.3. The van der Waals surface area contributed by atoms with Crippen molar-refractivity contribution in [1.29, 1.82) is 0 Å². The highest BCUT2D eigenvalue weighted by Crippen LogP contribution is 2.47. The van der Waals surface area contributed by atoms with Crippen LogP contribution in [0.5, 0.6) is 0 Å². The van der Waals surface area contributed by atoms with E-state index >= 15 is 0 Å². The van der Waals surface area contributed by atoms with E-state index in [4.69, 9.17) is 4.74 Å². The van der Waals surface area contributed by atoms with Crippen molar-refractivity contribution in [3.63, 3.8) is 0 Å². The highest BCUT2D eigenvalue weighted by Gasteiger charge is 2.44. The maximum absolute atomic E-state index is 12.3. The van der Waals surface area contributed by atoms with Gasteiger partial charge in [0.1, 0.15) is 6.54 Å². The Morgan fingerprint density at radius 1 is 0.978 bits per heavy atom. The lowest BCUT2D eigenvalue weighted by Crippen LogP contribution is -2.28. The molecule has 1 atom stereocenters. The molecule has 0 spiro atoms. The van der Waals surface area contributed by atoms with E-state index in [0.29, 0.717) is 19.6 Å². The van der Waals surface area contributed by atoms with E-state index in [1.165, 1.54) is 33.9 Å². The number of carbonyl (C=O) groups excluding carboxylic acids is 1. The van der Waals surface area contributed by atoms with E-state index in [1.807, 2.05) is 0 Å². The van der Waals surface area contributed by atoms with Gasteiger partial charge in [-0.2, -0.15) is 4.58 Å². The zero-order chi connectivity index (χ0) is 33.4. The van der Waals surface area contributed by atoms with E-state index in [9.17, 15) is 14.3 Å². The third-order valence-electron chi connectivity index (χ3n) is 8.99. The van der Waals surface area contributed by atoms with Crippen LogP contribution in [0, 0.1) is 0 Å². The largest absolute Gasteiger partial charge is 0.471 e. The Bertz CT molecular complexity index is 1510. The first-order valence-electron chi connectivity index (χ1n) is 16.3. The summed E-state index contributed by atoms with van der Waals surface area (Å²) in [5.74, 6) is -0.00641. The van der Waals surface area contributed by atoms with Crippen LogP contribution in [0.3, 0.4) is 0 Å². The summed E-state index contributed by atoms with van der Waals surface area (Å²) in [6.07, 6.45) is 10.0. The van der Waals surface area contributed by atoms with Crippen LogP contribution in [-0.4, -0.2) is 67.7 Å². The molecule has 0 bridgehead atoms. The Balaban J connectivity index is 1.32. The molecule has 0 fully saturated rings. The van der Waals surface area contributed by atoms with Crippen molar-refractivity contribution in [1.82, 2.24) is 5.32 Å². The molecule has 2 aliphatic heterocycles. The number of likely N-dealkylation sites (N-methyl/N-ethyl adjacent to an activating group) is 1. The van der Waals surface area contributed by atoms with Crippen LogP contribution in [0.15, 0.2) is 72.5 Å². The van der Waals surface area contributed by atoms with Gasteiger partial charge in [-0.1, -0.05) is 56.3 Å². The van der Waals surface area contributed by atoms with Crippen molar-refractivity contribution in [2.45, 2.75) is 71.1 Å². The molecule has 2 aromatic carbocycles. The number of hydrogen-bond donors (Lipinski definition) is 2. The molecule has 2 heterocycles. The van der Waals surface area contributed by atoms with Gasteiger partial charge in [0, 0.05) is 67.5 Å². The quantitative estimate of drug-likeness (QED) is 0.110. The Hall–Kier alpha value is -3.07. The topological polar surface area (TPSA) is 100 Å². The average Bonchev–Trinajstić information content (AvgIpc) is 3.39. The number of ether oxygens (including phenoxy) is 1. The van der Waals surface area contributed by atoms with Crippen LogP contribution in [0.25, 0.3) is 0 Å². The van der Waals surface area contributed by atoms with Crippen molar-refractivity contribution < 1.29 is 32.6 Å². The summed E-state index contributed by atoms with van der Waals surface area (Å²) in [6, 6.07) is 17.4. The number of carbonyl (C=O) groups is 1. The maximum atomic E-state index is 12.3. The lowest BCUT2D eigenvalue weighted by molar-refractivity contribution is -0.438. The van der Waals surface area contributed by atoms with Crippen LogP contribution in [0.1, 0.15) is 71.4 Å². The van der Waals surface area contributed by atoms with E-state index < -0.39 is 7.82 Å². The standard InChI is InChI=1S/C36H50N3O6P/c1-7-38-30-18-12-10-16-28(30)35(2,3)32(38)20-15-21-33-36(4,5)29-17-11-13-19-31(29)39(33)24-14-8-9-22-34(40)37-23-25-44-26-27-45-46(41,42)43-6/h10-13,15-21H,7-9,14,22-27H2,1-6H3,(H-,37,40,41,42)/p+1. The molecule has 0 saturated heterocycles. The van der Waals surface area contributed by atoms with E-state index in [-0.39, 0.29) is 30.0 Å². The number of hydrogen-bond acceptors (Lipinski definition) is 6. The van der Waals surface area contributed by atoms with Crippen molar-refractivity contribution in [2.24, 2.45) is 0 Å². The van der Waals surface area contributed by atoms with E-state index in [1.54, 1.807) is 0 Å². The molecule has 1 amide bonds. The summed E-state index contributed by atoms with van der Waals surface area (Å²) in [5.41, 5.74) is 7.67. The first kappa shape index (κ1) is 35.8. The number of nitrogens with one attached hydrogen (secondary N) is 1. The second kappa shape index (κ2) is 15.7. The normalized spacial score (nSPS) is 18.7. The average molecular weight is 653 g/mol. The van der Waals surface area contributed by atoms with Crippen LogP contribution < -0.4 is 10.2 Å². The van der Waals surface area contributed by atoms with Gasteiger partial charge < -0.3 is 19.8 Å². The van der Waals surface area contributed by atoms with Crippen LogP contribution in [-0.2, 0) is 34.0 Å². The predicted octanol–water partition coefficient (Wildman–Crippen LogP) is 6.78. The lowest BCUT2D eigenvalue weighted by Gasteiger charge is -2.25. The fraction of sp³-hybridized carbons (Fsp3) is 0.500. The zero-order valence-corrected chi connectivity index (χ0v) is 29.1. The summed E-state index contributed by atoms with van der Waals surface area (Å²) >= 11 is 0. The monoisotopic (exact) mass is 652 g/mol. The Kier molecular flexibility index (Phi) is 12.2. The summed E-state index contributed by atoms with van der Waals surface area (Å²) < 4.78 is 28.0. The van der Waals surface area contributed by atoms with Crippen LogP contribution in [0.2, 0.25) is 0 Å². The second-order valence-electron chi connectivity index (χ2n) is 12.7. The minimum Gasteiger partial charge on any atom is -0.377 e. The van der Waals surface area contributed by atoms with Gasteiger partial charge in [-0.3, -0.25) is 13.8 Å². The van der Waals surface area contributed by atoms with Gasteiger partial charge in [0.05, 0.1) is 25.2 Å². The van der Waals surface area contributed by atoms with Gasteiger partial charge in [-0.15, -0.1) is 0 Å². The van der Waals surface area contributed by atoms with Crippen molar-refractivity contribution in [3.8, 4) is 0 Å². The van der Waals surface area contributed by atoms with Gasteiger partial charge in [-0.25, -0.2) is 4.57 Å². The smallest absolute Gasteiger partial charge is 0.377 e. The molecule has 250 valence electrons. The number of nitrogens with zero attached hydrogens (tertiary/aromatic N) is 2. The molecule has 0 radical (unpaired) electrons. The molecule has 1 unspecified atom stereocenters. The summed E-state index contributed by atoms with van der Waals surface area (Å²) in [6.45, 7) is 14.0. The van der Waals surface area contributed by atoms with Crippen LogP contribution in [0.4, 0.5) is 11.4 Å². The van der Waals surface area contributed by atoms with Crippen molar-refractivity contribution in [3.05, 3.63) is 83.6 Å². The number of allylic oxidation sites excluding steroid dienone is 4. The number of anilines is 1. The highest BCUT2D eigenvalue weighted by atomic mass is 31.2. The molecule has 2 N–H and O–H groups in total. The van der Waals surface area contributed by atoms with E-state index in [2.05, 4.69) is 125 Å². The van der Waals surface area contributed by atoms with Gasteiger partial charge in [-0.05, 0) is 51.3 Å². The minimum atomic E-state index is -3.98. The maximum Gasteiger partial charge on any atom is 0.471 e. The molecule has 0 aromatic heterocycles. The fourth-order valence-corrected chi connectivity index (χ4v) is 6.95. The Morgan fingerprint density at radius 3 is 2.43 bits per heavy atom. The molecule has 2 aromatic rings.